The molecule has 1 atom stereocenters. The fraction of sp³-hybridized carbons (Fsp3) is 0.227. The lowest BCUT2D eigenvalue weighted by Gasteiger charge is -2.24. The van der Waals surface area contributed by atoms with Gasteiger partial charge in [0.1, 0.15) is 5.60 Å². The minimum absolute atomic E-state index is 0.0107. The smallest absolute Gasteiger partial charge is 0.221 e. The van der Waals surface area contributed by atoms with Gasteiger partial charge in [0, 0.05) is 12.3 Å². The number of nitrogens with one attached hydrogen (secondary N) is 1. The van der Waals surface area contributed by atoms with E-state index in [0.717, 1.165) is 16.7 Å². The molecule has 134 valence electrons. The van der Waals surface area contributed by atoms with E-state index in [4.69, 9.17) is 0 Å². The van der Waals surface area contributed by atoms with E-state index in [-0.39, 0.29) is 18.4 Å². The Labute approximate surface area is 158 Å². The molecule has 0 saturated carbocycles. The Morgan fingerprint density at radius 2 is 1.62 bits per heavy atom. The minimum atomic E-state index is -1.06. The van der Waals surface area contributed by atoms with Crippen LogP contribution in [0.4, 0.5) is 0 Å². The standard InChI is InChI=1S/C22H23NO2S/c1-22(25,19-12-13-26-15-19)16-23-21(24)14-20(17-8-4-2-5-9-17)18-10-6-3-7-11-18/h2-13,15,20,25H,14,16H2,1H3,(H,23,24). The Bertz CT molecular complexity index is 774. The molecule has 2 N–H and O–H groups in total. The van der Waals surface area contributed by atoms with Gasteiger partial charge in [0.05, 0.1) is 6.54 Å². The molecule has 1 aromatic heterocycles. The number of benzene rings is 2. The number of carbonyl (C=O) groups is 1. The largest absolute Gasteiger partial charge is 0.384 e. The van der Waals surface area contributed by atoms with Crippen LogP contribution in [-0.2, 0) is 10.4 Å². The maximum atomic E-state index is 12.6. The molecule has 2 aromatic carbocycles. The van der Waals surface area contributed by atoms with E-state index in [1.807, 2.05) is 77.5 Å². The van der Waals surface area contributed by atoms with Gasteiger partial charge in [-0.1, -0.05) is 60.7 Å². The molecule has 1 amide bonds. The van der Waals surface area contributed by atoms with E-state index < -0.39 is 5.60 Å². The summed E-state index contributed by atoms with van der Waals surface area (Å²) in [5.74, 6) is -0.0818. The van der Waals surface area contributed by atoms with Gasteiger partial charge in [-0.25, -0.2) is 0 Å². The van der Waals surface area contributed by atoms with Crippen molar-refractivity contribution >= 4 is 17.2 Å². The van der Waals surface area contributed by atoms with Gasteiger partial charge in [0.15, 0.2) is 0 Å². The maximum absolute atomic E-state index is 12.6. The molecule has 0 spiro atoms. The lowest BCUT2D eigenvalue weighted by molar-refractivity contribution is -0.122. The van der Waals surface area contributed by atoms with Crippen LogP contribution < -0.4 is 5.32 Å². The summed E-state index contributed by atoms with van der Waals surface area (Å²) in [7, 11) is 0. The highest BCUT2D eigenvalue weighted by molar-refractivity contribution is 7.08. The number of amides is 1. The monoisotopic (exact) mass is 365 g/mol. The van der Waals surface area contributed by atoms with Crippen molar-refractivity contribution in [3.05, 3.63) is 94.2 Å². The van der Waals surface area contributed by atoms with Crippen molar-refractivity contribution in [3.63, 3.8) is 0 Å². The van der Waals surface area contributed by atoms with Gasteiger partial charge in [-0.05, 0) is 40.4 Å². The molecular formula is C22H23NO2S. The van der Waals surface area contributed by atoms with Crippen molar-refractivity contribution in [1.29, 1.82) is 0 Å². The highest BCUT2D eigenvalue weighted by atomic mass is 32.1. The fourth-order valence-corrected chi connectivity index (χ4v) is 3.78. The number of aliphatic hydroxyl groups is 1. The molecule has 1 unspecified atom stereocenters. The topological polar surface area (TPSA) is 49.3 Å². The van der Waals surface area contributed by atoms with Crippen LogP contribution in [0.25, 0.3) is 0 Å². The Kier molecular flexibility index (Phi) is 5.86. The van der Waals surface area contributed by atoms with Crippen molar-refractivity contribution in [2.24, 2.45) is 0 Å². The molecular weight excluding hydrogens is 342 g/mol. The van der Waals surface area contributed by atoms with Crippen LogP contribution in [0.1, 0.15) is 36.0 Å². The van der Waals surface area contributed by atoms with Crippen molar-refractivity contribution in [1.82, 2.24) is 5.32 Å². The summed E-state index contributed by atoms with van der Waals surface area (Å²) in [6.07, 6.45) is 0.341. The summed E-state index contributed by atoms with van der Waals surface area (Å²) < 4.78 is 0. The summed E-state index contributed by atoms with van der Waals surface area (Å²) in [6, 6.07) is 22.0. The number of hydrogen-bond donors (Lipinski definition) is 2. The summed E-state index contributed by atoms with van der Waals surface area (Å²) in [5, 5.41) is 17.3. The number of carbonyl (C=O) groups excluding carboxylic acids is 1. The summed E-state index contributed by atoms with van der Waals surface area (Å²) in [4.78, 5) is 12.6. The second-order valence-corrected chi connectivity index (χ2v) is 7.42. The van der Waals surface area contributed by atoms with Crippen LogP contribution in [0, 0.1) is 0 Å². The predicted octanol–water partition coefficient (Wildman–Crippen LogP) is 4.29. The first-order chi connectivity index (χ1) is 12.6. The van der Waals surface area contributed by atoms with Crippen LogP contribution in [0.15, 0.2) is 77.5 Å². The molecule has 3 nitrogen and oxygen atoms in total. The first kappa shape index (κ1) is 18.4. The first-order valence-electron chi connectivity index (χ1n) is 8.68. The zero-order chi connectivity index (χ0) is 18.4. The van der Waals surface area contributed by atoms with E-state index >= 15 is 0 Å². The van der Waals surface area contributed by atoms with Gasteiger partial charge in [-0.2, -0.15) is 11.3 Å². The quantitative estimate of drug-likeness (QED) is 0.656. The summed E-state index contributed by atoms with van der Waals surface area (Å²) >= 11 is 1.53. The molecule has 4 heteroatoms. The van der Waals surface area contributed by atoms with Crippen LogP contribution in [0.2, 0.25) is 0 Å². The van der Waals surface area contributed by atoms with Gasteiger partial charge in [0.2, 0.25) is 5.91 Å². The van der Waals surface area contributed by atoms with E-state index in [1.165, 1.54) is 11.3 Å². The van der Waals surface area contributed by atoms with E-state index in [9.17, 15) is 9.90 Å². The van der Waals surface area contributed by atoms with Crippen molar-refractivity contribution in [2.75, 3.05) is 6.54 Å². The number of rotatable bonds is 7. The van der Waals surface area contributed by atoms with E-state index in [1.54, 1.807) is 6.92 Å². The maximum Gasteiger partial charge on any atom is 0.221 e. The van der Waals surface area contributed by atoms with Gasteiger partial charge in [-0.15, -0.1) is 0 Å². The zero-order valence-corrected chi connectivity index (χ0v) is 15.6. The average molecular weight is 365 g/mol. The third-order valence-electron chi connectivity index (χ3n) is 4.57. The molecule has 3 rings (SSSR count). The molecule has 0 saturated heterocycles. The Morgan fingerprint density at radius 1 is 1.04 bits per heavy atom. The average Bonchev–Trinajstić information content (AvgIpc) is 3.22. The highest BCUT2D eigenvalue weighted by Gasteiger charge is 2.25. The third-order valence-corrected chi connectivity index (χ3v) is 5.25. The number of thiophene rings is 1. The summed E-state index contributed by atoms with van der Waals surface area (Å²) in [5.41, 5.74) is 1.98. The van der Waals surface area contributed by atoms with E-state index in [2.05, 4.69) is 5.32 Å². The van der Waals surface area contributed by atoms with Gasteiger partial charge in [-0.3, -0.25) is 4.79 Å². The predicted molar refractivity (Wildman–Crippen MR) is 106 cm³/mol. The Hall–Kier alpha value is -2.43. The van der Waals surface area contributed by atoms with Gasteiger partial charge < -0.3 is 10.4 Å². The van der Waals surface area contributed by atoms with Crippen molar-refractivity contribution in [2.45, 2.75) is 24.9 Å². The normalized spacial score (nSPS) is 13.3. The molecule has 0 bridgehead atoms. The molecule has 3 aromatic rings. The molecule has 26 heavy (non-hydrogen) atoms. The van der Waals surface area contributed by atoms with Crippen molar-refractivity contribution < 1.29 is 9.90 Å². The van der Waals surface area contributed by atoms with Crippen molar-refractivity contribution in [3.8, 4) is 0 Å². The van der Waals surface area contributed by atoms with Crippen LogP contribution >= 0.6 is 11.3 Å². The third kappa shape index (κ3) is 4.59. The SMILES string of the molecule is CC(O)(CNC(=O)CC(c1ccccc1)c1ccccc1)c1ccsc1. The van der Waals surface area contributed by atoms with Gasteiger partial charge in [0.25, 0.3) is 0 Å². The van der Waals surface area contributed by atoms with E-state index in [0.29, 0.717) is 6.42 Å². The zero-order valence-electron chi connectivity index (χ0n) is 14.8. The fourth-order valence-electron chi connectivity index (χ4n) is 3.00. The number of hydrogen-bond acceptors (Lipinski definition) is 3. The molecule has 0 fully saturated rings. The second kappa shape index (κ2) is 8.30. The molecule has 0 aliphatic heterocycles. The minimum Gasteiger partial charge on any atom is -0.384 e. The summed E-state index contributed by atoms with van der Waals surface area (Å²) in [6.45, 7) is 1.92. The molecule has 1 heterocycles. The molecule has 0 radical (unpaired) electrons. The van der Waals surface area contributed by atoms with Gasteiger partial charge >= 0.3 is 0 Å². The lowest BCUT2D eigenvalue weighted by Crippen LogP contribution is -2.38. The van der Waals surface area contributed by atoms with Crippen LogP contribution in [-0.4, -0.2) is 17.6 Å². The highest BCUT2D eigenvalue weighted by Crippen LogP contribution is 2.28. The second-order valence-electron chi connectivity index (χ2n) is 6.64. The van der Waals surface area contributed by atoms with Crippen LogP contribution in [0.3, 0.4) is 0 Å². The first-order valence-corrected chi connectivity index (χ1v) is 9.62. The van der Waals surface area contributed by atoms with Crippen LogP contribution in [0.5, 0.6) is 0 Å². The Balaban J connectivity index is 1.70. The Morgan fingerprint density at radius 3 is 2.12 bits per heavy atom. The molecule has 0 aliphatic carbocycles. The molecule has 0 aliphatic rings. The lowest BCUT2D eigenvalue weighted by atomic mass is 9.88.